The van der Waals surface area contributed by atoms with Gasteiger partial charge in [0.05, 0.1) is 5.75 Å². The SMILES string of the molecule is CCCc1nc(SCC(=O)Nc2c(C)[nH]c(=O)[nH]c2=O)c2c3c(sc2n1)CC(C)CC3. The van der Waals surface area contributed by atoms with Gasteiger partial charge in [0, 0.05) is 22.4 Å². The zero-order chi connectivity index (χ0) is 22.1. The fourth-order valence-corrected chi connectivity index (χ4v) is 6.19. The maximum Gasteiger partial charge on any atom is 0.326 e. The number of nitrogens with one attached hydrogen (secondary N) is 3. The Labute approximate surface area is 187 Å². The second kappa shape index (κ2) is 8.96. The van der Waals surface area contributed by atoms with Crippen LogP contribution in [0.25, 0.3) is 10.2 Å². The highest BCUT2D eigenvalue weighted by atomic mass is 32.2. The number of carbonyl (C=O) groups excluding carboxylic acids is 1. The van der Waals surface area contributed by atoms with E-state index in [0.717, 1.165) is 53.2 Å². The maximum atomic E-state index is 12.6. The summed E-state index contributed by atoms with van der Waals surface area (Å²) in [6, 6.07) is 0. The molecular weight excluding hydrogens is 434 g/mol. The molecule has 1 unspecified atom stereocenters. The maximum absolute atomic E-state index is 12.6. The topological polar surface area (TPSA) is 121 Å². The number of rotatable bonds is 6. The lowest BCUT2D eigenvalue weighted by Gasteiger charge is -2.18. The van der Waals surface area contributed by atoms with Gasteiger partial charge in [0.1, 0.15) is 21.4 Å². The van der Waals surface area contributed by atoms with E-state index in [1.165, 1.54) is 22.2 Å². The molecule has 0 saturated heterocycles. The van der Waals surface area contributed by atoms with Crippen molar-refractivity contribution in [3.63, 3.8) is 0 Å². The first kappa shape index (κ1) is 21.8. The van der Waals surface area contributed by atoms with Gasteiger partial charge >= 0.3 is 5.69 Å². The number of anilines is 1. The standard InChI is InChI=1S/C21H25N5O3S2/c1-4-5-14-23-19(16-12-7-6-10(2)8-13(12)31-20(16)24-14)30-9-15(27)25-17-11(3)22-21(29)26-18(17)28/h10H,4-9H2,1-3H3,(H,25,27)(H2,22,26,28,29). The summed E-state index contributed by atoms with van der Waals surface area (Å²) in [4.78, 5) is 52.5. The Hall–Kier alpha value is -2.46. The molecule has 0 aliphatic heterocycles. The Kier molecular flexibility index (Phi) is 6.29. The molecule has 1 atom stereocenters. The predicted octanol–water partition coefficient (Wildman–Crippen LogP) is 3.18. The van der Waals surface area contributed by atoms with E-state index in [4.69, 9.17) is 9.97 Å². The molecule has 1 aliphatic rings. The van der Waals surface area contributed by atoms with Gasteiger partial charge in [0.2, 0.25) is 5.91 Å². The minimum absolute atomic E-state index is 0.0617. The molecule has 0 spiro atoms. The molecule has 3 aromatic heterocycles. The molecule has 31 heavy (non-hydrogen) atoms. The second-order valence-corrected chi connectivity index (χ2v) is 10.0. The van der Waals surface area contributed by atoms with Crippen LogP contribution in [0.15, 0.2) is 14.6 Å². The molecule has 10 heteroatoms. The van der Waals surface area contributed by atoms with Crippen LogP contribution in [-0.2, 0) is 24.1 Å². The van der Waals surface area contributed by atoms with E-state index in [0.29, 0.717) is 11.6 Å². The van der Waals surface area contributed by atoms with Crippen molar-refractivity contribution in [2.24, 2.45) is 5.92 Å². The van der Waals surface area contributed by atoms with E-state index in [2.05, 4.69) is 29.1 Å². The molecule has 0 bridgehead atoms. The number of aromatic nitrogens is 4. The summed E-state index contributed by atoms with van der Waals surface area (Å²) in [5.41, 5.74) is 0.500. The van der Waals surface area contributed by atoms with Crippen molar-refractivity contribution in [2.45, 2.75) is 57.9 Å². The first-order chi connectivity index (χ1) is 14.9. The molecule has 1 aliphatic carbocycles. The van der Waals surface area contributed by atoms with Crippen molar-refractivity contribution < 1.29 is 4.79 Å². The lowest BCUT2D eigenvalue weighted by molar-refractivity contribution is -0.113. The van der Waals surface area contributed by atoms with Crippen LogP contribution in [0.3, 0.4) is 0 Å². The Bertz CT molecular complexity index is 1260. The molecule has 3 aromatic rings. The molecule has 8 nitrogen and oxygen atoms in total. The monoisotopic (exact) mass is 459 g/mol. The third-order valence-corrected chi connectivity index (χ3v) is 7.50. The minimum Gasteiger partial charge on any atom is -0.319 e. The number of hydrogen-bond acceptors (Lipinski definition) is 7. The number of thiophene rings is 1. The highest BCUT2D eigenvalue weighted by Gasteiger charge is 2.24. The zero-order valence-electron chi connectivity index (χ0n) is 17.8. The van der Waals surface area contributed by atoms with Gasteiger partial charge in [-0.05, 0) is 44.1 Å². The molecule has 1 amide bonds. The highest BCUT2D eigenvalue weighted by molar-refractivity contribution is 8.00. The molecule has 0 aromatic carbocycles. The third kappa shape index (κ3) is 4.59. The van der Waals surface area contributed by atoms with E-state index in [-0.39, 0.29) is 17.3 Å². The number of aryl methyl sites for hydroxylation is 3. The van der Waals surface area contributed by atoms with Crippen molar-refractivity contribution in [3.8, 4) is 0 Å². The van der Waals surface area contributed by atoms with Crippen LogP contribution in [0.5, 0.6) is 0 Å². The number of carbonyl (C=O) groups is 1. The molecule has 0 saturated carbocycles. The zero-order valence-corrected chi connectivity index (χ0v) is 19.4. The number of hydrogen-bond donors (Lipinski definition) is 3. The molecule has 0 radical (unpaired) electrons. The summed E-state index contributed by atoms with van der Waals surface area (Å²) in [6.07, 6.45) is 4.97. The van der Waals surface area contributed by atoms with E-state index >= 15 is 0 Å². The third-order valence-electron chi connectivity index (χ3n) is 5.38. The molecule has 4 rings (SSSR count). The Balaban J connectivity index is 1.61. The molecule has 3 heterocycles. The van der Waals surface area contributed by atoms with Gasteiger partial charge < -0.3 is 10.3 Å². The van der Waals surface area contributed by atoms with E-state index in [1.54, 1.807) is 18.3 Å². The van der Waals surface area contributed by atoms with Crippen LogP contribution in [0.4, 0.5) is 5.69 Å². The lowest BCUT2D eigenvalue weighted by atomic mass is 9.89. The van der Waals surface area contributed by atoms with Gasteiger partial charge in [-0.15, -0.1) is 11.3 Å². The Morgan fingerprint density at radius 1 is 1.29 bits per heavy atom. The summed E-state index contributed by atoms with van der Waals surface area (Å²) in [7, 11) is 0. The summed E-state index contributed by atoms with van der Waals surface area (Å²) < 4.78 is 0. The Morgan fingerprint density at radius 2 is 2.10 bits per heavy atom. The first-order valence-corrected chi connectivity index (χ1v) is 12.2. The molecule has 3 N–H and O–H groups in total. The average Bonchev–Trinajstić information content (AvgIpc) is 3.06. The quantitative estimate of drug-likeness (QED) is 0.385. The largest absolute Gasteiger partial charge is 0.326 e. The van der Waals surface area contributed by atoms with E-state index < -0.39 is 11.2 Å². The molecule has 164 valence electrons. The average molecular weight is 460 g/mol. The fourth-order valence-electron chi connectivity index (χ4n) is 3.85. The highest BCUT2D eigenvalue weighted by Crippen LogP contribution is 2.41. The predicted molar refractivity (Wildman–Crippen MR) is 124 cm³/mol. The number of fused-ring (bicyclic) bond motifs is 3. The van der Waals surface area contributed by atoms with E-state index in [9.17, 15) is 14.4 Å². The number of amides is 1. The second-order valence-electron chi connectivity index (χ2n) is 7.97. The summed E-state index contributed by atoms with van der Waals surface area (Å²) in [6.45, 7) is 5.95. The van der Waals surface area contributed by atoms with Crippen LogP contribution in [0.2, 0.25) is 0 Å². The number of nitrogens with zero attached hydrogens (tertiary/aromatic N) is 2. The minimum atomic E-state index is -0.615. The number of aromatic amines is 2. The summed E-state index contributed by atoms with van der Waals surface area (Å²) in [5, 5.41) is 4.53. The summed E-state index contributed by atoms with van der Waals surface area (Å²) in [5.74, 6) is 1.25. The first-order valence-electron chi connectivity index (χ1n) is 10.4. The lowest BCUT2D eigenvalue weighted by Crippen LogP contribution is -2.29. The van der Waals surface area contributed by atoms with Gasteiger partial charge in [-0.1, -0.05) is 25.6 Å². The van der Waals surface area contributed by atoms with Crippen molar-refractivity contribution in [1.29, 1.82) is 0 Å². The van der Waals surface area contributed by atoms with Gasteiger partial charge in [0.25, 0.3) is 5.56 Å². The van der Waals surface area contributed by atoms with Crippen molar-refractivity contribution >= 4 is 44.9 Å². The van der Waals surface area contributed by atoms with E-state index in [1.807, 2.05) is 0 Å². The molecule has 0 fully saturated rings. The number of thioether (sulfide) groups is 1. The van der Waals surface area contributed by atoms with Crippen LogP contribution >= 0.6 is 23.1 Å². The normalized spacial score (nSPS) is 15.8. The van der Waals surface area contributed by atoms with Crippen LogP contribution in [0, 0.1) is 12.8 Å². The molecular formula is C21H25N5O3S2. The van der Waals surface area contributed by atoms with Gasteiger partial charge in [0.15, 0.2) is 0 Å². The van der Waals surface area contributed by atoms with Crippen LogP contribution in [-0.4, -0.2) is 31.6 Å². The van der Waals surface area contributed by atoms with Crippen LogP contribution < -0.4 is 16.6 Å². The van der Waals surface area contributed by atoms with Gasteiger partial charge in [-0.2, -0.15) is 0 Å². The van der Waals surface area contributed by atoms with Crippen molar-refractivity contribution in [1.82, 2.24) is 19.9 Å². The Morgan fingerprint density at radius 3 is 2.84 bits per heavy atom. The van der Waals surface area contributed by atoms with Gasteiger partial charge in [-0.25, -0.2) is 14.8 Å². The summed E-state index contributed by atoms with van der Waals surface area (Å²) >= 11 is 3.13. The van der Waals surface area contributed by atoms with Crippen molar-refractivity contribution in [2.75, 3.05) is 11.1 Å². The smallest absolute Gasteiger partial charge is 0.319 e. The van der Waals surface area contributed by atoms with Crippen LogP contribution in [0.1, 0.15) is 48.6 Å². The van der Waals surface area contributed by atoms with Gasteiger partial charge in [-0.3, -0.25) is 14.6 Å². The fraction of sp³-hybridized carbons (Fsp3) is 0.476. The van der Waals surface area contributed by atoms with Crippen molar-refractivity contribution in [3.05, 3.63) is 42.8 Å². The number of H-pyrrole nitrogens is 2.